The fraction of sp³-hybridized carbons (Fsp3) is 0.318. The first-order chi connectivity index (χ1) is 14.4. The number of hydrogen-bond donors (Lipinski definition) is 2. The van der Waals surface area contributed by atoms with Gasteiger partial charge in [-0.2, -0.15) is 0 Å². The summed E-state index contributed by atoms with van der Waals surface area (Å²) in [4.78, 5) is 37.2. The van der Waals surface area contributed by atoms with Crippen LogP contribution in [0.25, 0.3) is 0 Å². The summed E-state index contributed by atoms with van der Waals surface area (Å²) in [6.45, 7) is 0.255. The minimum Gasteiger partial charge on any atom is -0.479 e. The van der Waals surface area contributed by atoms with Crippen molar-refractivity contribution in [2.45, 2.75) is 18.9 Å². The second kappa shape index (κ2) is 11.9. The Morgan fingerprint density at radius 1 is 1.10 bits per heavy atom. The lowest BCUT2D eigenvalue weighted by Crippen LogP contribution is -2.37. The third-order valence-corrected chi connectivity index (χ3v) is 4.74. The Morgan fingerprint density at radius 2 is 1.77 bits per heavy atom. The zero-order valence-corrected chi connectivity index (χ0v) is 17.5. The van der Waals surface area contributed by atoms with Crippen LogP contribution in [0.5, 0.6) is 0 Å². The van der Waals surface area contributed by atoms with Gasteiger partial charge in [0.1, 0.15) is 6.61 Å². The second-order valence-electron chi connectivity index (χ2n) is 6.74. The molecule has 160 valence electrons. The van der Waals surface area contributed by atoms with Gasteiger partial charge >= 0.3 is 5.97 Å². The van der Waals surface area contributed by atoms with Crippen LogP contribution in [0.3, 0.4) is 0 Å². The molecule has 7 nitrogen and oxygen atoms in total. The lowest BCUT2D eigenvalue weighted by molar-refractivity contribution is -0.154. The van der Waals surface area contributed by atoms with E-state index >= 15 is 0 Å². The van der Waals surface area contributed by atoms with E-state index in [0.29, 0.717) is 23.6 Å². The summed E-state index contributed by atoms with van der Waals surface area (Å²) < 4.78 is 5.28. The number of benzene rings is 2. The maximum atomic E-state index is 12.2. The standard InChI is InChI=1S/C22H25ClN2O5/c1-25(14-12-16-5-3-2-4-6-16)20(26)15-30-19(22(28)29)11-13-24-21(27)17-7-9-18(23)10-8-17/h2-10,19H,11-15H2,1H3,(H,24,27)(H,28,29). The molecular weight excluding hydrogens is 408 g/mol. The summed E-state index contributed by atoms with van der Waals surface area (Å²) in [5.41, 5.74) is 1.53. The number of halogens is 1. The van der Waals surface area contributed by atoms with Crippen molar-refractivity contribution in [1.29, 1.82) is 0 Å². The first kappa shape index (κ1) is 23.4. The lowest BCUT2D eigenvalue weighted by atomic mass is 10.1. The number of likely N-dealkylation sites (N-methyl/N-ethyl adjacent to an activating group) is 1. The maximum Gasteiger partial charge on any atom is 0.332 e. The molecule has 2 rings (SSSR count). The average molecular weight is 433 g/mol. The zero-order chi connectivity index (χ0) is 21.9. The molecule has 0 radical (unpaired) electrons. The number of hydrogen-bond acceptors (Lipinski definition) is 4. The van der Waals surface area contributed by atoms with E-state index in [1.54, 1.807) is 31.3 Å². The van der Waals surface area contributed by atoms with E-state index in [9.17, 15) is 19.5 Å². The van der Waals surface area contributed by atoms with Crippen LogP contribution in [-0.2, 0) is 20.7 Å². The van der Waals surface area contributed by atoms with Crippen molar-refractivity contribution < 1.29 is 24.2 Å². The topological polar surface area (TPSA) is 95.9 Å². The average Bonchev–Trinajstić information content (AvgIpc) is 2.74. The van der Waals surface area contributed by atoms with Gasteiger partial charge in [-0.05, 0) is 36.2 Å². The summed E-state index contributed by atoms with van der Waals surface area (Å²) in [5.74, 6) is -1.83. The van der Waals surface area contributed by atoms with E-state index in [0.717, 1.165) is 5.56 Å². The molecule has 8 heteroatoms. The maximum absolute atomic E-state index is 12.2. The molecule has 0 aliphatic carbocycles. The van der Waals surface area contributed by atoms with Crippen LogP contribution in [0.1, 0.15) is 22.3 Å². The van der Waals surface area contributed by atoms with Crippen molar-refractivity contribution in [3.8, 4) is 0 Å². The number of carbonyl (C=O) groups excluding carboxylic acids is 2. The summed E-state index contributed by atoms with van der Waals surface area (Å²) in [5, 5.41) is 12.5. The largest absolute Gasteiger partial charge is 0.479 e. The first-order valence-electron chi connectivity index (χ1n) is 9.53. The molecule has 0 aromatic heterocycles. The van der Waals surface area contributed by atoms with Crippen LogP contribution < -0.4 is 5.32 Å². The highest BCUT2D eigenvalue weighted by atomic mass is 35.5. The predicted molar refractivity (Wildman–Crippen MR) is 114 cm³/mol. The second-order valence-corrected chi connectivity index (χ2v) is 7.18. The Bertz CT molecular complexity index is 842. The molecule has 0 bridgehead atoms. The predicted octanol–water partition coefficient (Wildman–Crippen LogP) is 2.63. The van der Waals surface area contributed by atoms with Crippen molar-refractivity contribution in [2.75, 3.05) is 26.7 Å². The Kier molecular flexibility index (Phi) is 9.31. The van der Waals surface area contributed by atoms with Crippen LogP contribution in [0, 0.1) is 0 Å². The van der Waals surface area contributed by atoms with E-state index in [2.05, 4.69) is 5.32 Å². The third kappa shape index (κ3) is 7.85. The molecule has 1 atom stereocenters. The van der Waals surface area contributed by atoms with E-state index in [1.807, 2.05) is 30.3 Å². The zero-order valence-electron chi connectivity index (χ0n) is 16.7. The number of nitrogens with zero attached hydrogens (tertiary/aromatic N) is 1. The van der Waals surface area contributed by atoms with Gasteiger partial charge in [-0.1, -0.05) is 41.9 Å². The van der Waals surface area contributed by atoms with Gasteiger partial charge in [0.25, 0.3) is 5.91 Å². The van der Waals surface area contributed by atoms with Gasteiger partial charge in [0.2, 0.25) is 5.91 Å². The Morgan fingerprint density at radius 3 is 2.40 bits per heavy atom. The van der Waals surface area contributed by atoms with Crippen LogP contribution in [0.4, 0.5) is 0 Å². The van der Waals surface area contributed by atoms with E-state index in [-0.39, 0.29) is 31.4 Å². The van der Waals surface area contributed by atoms with Crippen molar-refractivity contribution in [3.05, 3.63) is 70.7 Å². The number of amides is 2. The first-order valence-corrected chi connectivity index (χ1v) is 9.90. The number of carboxylic acids is 1. The Balaban J connectivity index is 1.73. The van der Waals surface area contributed by atoms with Crippen LogP contribution in [0.2, 0.25) is 5.02 Å². The summed E-state index contributed by atoms with van der Waals surface area (Å²) in [6.07, 6.45) is -0.459. The highest BCUT2D eigenvalue weighted by Crippen LogP contribution is 2.09. The molecule has 0 saturated carbocycles. The van der Waals surface area contributed by atoms with Crippen molar-refractivity contribution in [2.24, 2.45) is 0 Å². The normalized spacial score (nSPS) is 11.5. The third-order valence-electron chi connectivity index (χ3n) is 4.49. The van der Waals surface area contributed by atoms with E-state index in [4.69, 9.17) is 16.3 Å². The molecule has 0 aliphatic rings. The highest BCUT2D eigenvalue weighted by molar-refractivity contribution is 6.30. The van der Waals surface area contributed by atoms with E-state index in [1.165, 1.54) is 4.90 Å². The fourth-order valence-electron chi connectivity index (χ4n) is 2.65. The Hall–Kier alpha value is -2.90. The molecule has 1 unspecified atom stereocenters. The quantitative estimate of drug-likeness (QED) is 0.569. The van der Waals surface area contributed by atoms with Crippen molar-refractivity contribution in [3.63, 3.8) is 0 Å². The SMILES string of the molecule is CN(CCc1ccccc1)C(=O)COC(CCNC(=O)c1ccc(Cl)cc1)C(=O)O. The van der Waals surface area contributed by atoms with Crippen molar-refractivity contribution in [1.82, 2.24) is 10.2 Å². The number of nitrogens with one attached hydrogen (secondary N) is 1. The van der Waals surface area contributed by atoms with Gasteiger partial charge in [-0.3, -0.25) is 9.59 Å². The molecule has 2 aromatic carbocycles. The molecule has 2 N–H and O–H groups in total. The monoisotopic (exact) mass is 432 g/mol. The minimum atomic E-state index is -1.19. The number of carboxylic acid groups (broad SMARTS) is 1. The van der Waals surface area contributed by atoms with Gasteiger partial charge in [0, 0.05) is 37.1 Å². The molecule has 2 amide bonds. The highest BCUT2D eigenvalue weighted by Gasteiger charge is 2.21. The van der Waals surface area contributed by atoms with Crippen molar-refractivity contribution >= 4 is 29.4 Å². The fourth-order valence-corrected chi connectivity index (χ4v) is 2.77. The number of aliphatic carboxylic acids is 1. The number of rotatable bonds is 11. The smallest absolute Gasteiger partial charge is 0.332 e. The van der Waals surface area contributed by atoms with Gasteiger partial charge in [-0.15, -0.1) is 0 Å². The summed E-state index contributed by atoms with van der Waals surface area (Å²) in [7, 11) is 1.65. The van der Waals surface area contributed by atoms with Crippen LogP contribution in [0.15, 0.2) is 54.6 Å². The number of ether oxygens (including phenoxy) is 1. The van der Waals surface area contributed by atoms with Crippen LogP contribution >= 0.6 is 11.6 Å². The molecule has 0 fully saturated rings. The molecule has 0 aliphatic heterocycles. The molecule has 0 spiro atoms. The molecule has 0 heterocycles. The molecule has 30 heavy (non-hydrogen) atoms. The summed E-state index contributed by atoms with van der Waals surface area (Å²) >= 11 is 5.79. The minimum absolute atomic E-state index is 0.0374. The van der Waals surface area contributed by atoms with Gasteiger partial charge < -0.3 is 20.1 Å². The van der Waals surface area contributed by atoms with Gasteiger partial charge in [0.05, 0.1) is 0 Å². The Labute approximate surface area is 180 Å². The van der Waals surface area contributed by atoms with Gasteiger partial charge in [0.15, 0.2) is 6.10 Å². The molecule has 0 saturated heterocycles. The number of carbonyl (C=O) groups is 3. The molecule has 2 aromatic rings. The van der Waals surface area contributed by atoms with E-state index < -0.39 is 12.1 Å². The summed E-state index contributed by atoms with van der Waals surface area (Å²) in [6, 6.07) is 16.1. The lowest BCUT2D eigenvalue weighted by Gasteiger charge is -2.19. The van der Waals surface area contributed by atoms with Crippen LogP contribution in [-0.4, -0.2) is 60.6 Å². The molecular formula is C22H25ClN2O5. The van der Waals surface area contributed by atoms with Gasteiger partial charge in [-0.25, -0.2) is 4.79 Å².